The summed E-state index contributed by atoms with van der Waals surface area (Å²) >= 11 is 0. The minimum Gasteiger partial charge on any atom is -0.478 e. The number of hydrogen-bond donors (Lipinski definition) is 2. The van der Waals surface area contributed by atoms with Crippen LogP contribution in [0.4, 0.5) is 0 Å². The van der Waals surface area contributed by atoms with Gasteiger partial charge in [-0.25, -0.2) is 4.79 Å². The van der Waals surface area contributed by atoms with Crippen LogP contribution in [0.15, 0.2) is 24.3 Å². The molecule has 0 aliphatic carbocycles. The van der Waals surface area contributed by atoms with Gasteiger partial charge in [0.1, 0.15) is 6.04 Å². The molecule has 2 rings (SSSR count). The number of carbonyl (C=O) groups excluding carboxylic acids is 2. The lowest BCUT2D eigenvalue weighted by Gasteiger charge is -2.32. The summed E-state index contributed by atoms with van der Waals surface area (Å²) in [4.78, 5) is 36.1. The molecule has 19 heavy (non-hydrogen) atoms. The minimum absolute atomic E-state index is 0.0555. The molecule has 1 aromatic rings. The van der Waals surface area contributed by atoms with E-state index in [-0.39, 0.29) is 22.9 Å². The lowest BCUT2D eigenvalue weighted by molar-refractivity contribution is -0.127. The highest BCUT2D eigenvalue weighted by molar-refractivity contribution is 6.00. The quantitative estimate of drug-likeness (QED) is 0.805. The average Bonchev–Trinajstić information content (AvgIpc) is 2.41. The van der Waals surface area contributed by atoms with Gasteiger partial charge < -0.3 is 15.3 Å². The number of carboxylic acid groups (broad SMARTS) is 1. The van der Waals surface area contributed by atoms with Crippen molar-refractivity contribution in [2.24, 2.45) is 0 Å². The average molecular weight is 262 g/mol. The third-order valence-electron chi connectivity index (χ3n) is 3.12. The van der Waals surface area contributed by atoms with Gasteiger partial charge in [-0.1, -0.05) is 6.07 Å². The number of rotatable bonds is 2. The third-order valence-corrected chi connectivity index (χ3v) is 3.12. The summed E-state index contributed by atoms with van der Waals surface area (Å²) in [6.45, 7) is 2.48. The molecule has 1 aliphatic rings. The molecular weight excluding hydrogens is 248 g/mol. The summed E-state index contributed by atoms with van der Waals surface area (Å²) < 4.78 is 0. The van der Waals surface area contributed by atoms with Crippen molar-refractivity contribution in [1.29, 1.82) is 0 Å². The van der Waals surface area contributed by atoms with E-state index in [0.717, 1.165) is 0 Å². The molecule has 2 amide bonds. The van der Waals surface area contributed by atoms with Gasteiger partial charge in [-0.15, -0.1) is 0 Å². The predicted octanol–water partition coefficient (Wildman–Crippen LogP) is 0.345. The number of amides is 2. The van der Waals surface area contributed by atoms with E-state index in [1.54, 1.807) is 13.0 Å². The van der Waals surface area contributed by atoms with Gasteiger partial charge in [0, 0.05) is 18.7 Å². The molecule has 0 radical (unpaired) electrons. The molecule has 0 spiro atoms. The van der Waals surface area contributed by atoms with Gasteiger partial charge in [-0.05, 0) is 25.1 Å². The van der Waals surface area contributed by atoms with E-state index in [4.69, 9.17) is 5.11 Å². The van der Waals surface area contributed by atoms with Gasteiger partial charge >= 0.3 is 5.97 Å². The Labute approximate surface area is 110 Å². The van der Waals surface area contributed by atoms with Crippen LogP contribution in [0.2, 0.25) is 0 Å². The molecule has 1 saturated heterocycles. The van der Waals surface area contributed by atoms with Gasteiger partial charge in [-0.2, -0.15) is 0 Å². The van der Waals surface area contributed by atoms with Crippen molar-refractivity contribution in [3.05, 3.63) is 35.4 Å². The van der Waals surface area contributed by atoms with Crippen LogP contribution in [0.25, 0.3) is 0 Å². The molecule has 0 saturated carbocycles. The first kappa shape index (κ1) is 13.1. The maximum atomic E-state index is 12.3. The zero-order valence-electron chi connectivity index (χ0n) is 10.4. The first-order valence-electron chi connectivity index (χ1n) is 5.92. The van der Waals surface area contributed by atoms with E-state index in [2.05, 4.69) is 5.32 Å². The van der Waals surface area contributed by atoms with Crippen molar-refractivity contribution in [2.75, 3.05) is 13.1 Å². The fraction of sp³-hybridized carbons (Fsp3) is 0.308. The third kappa shape index (κ3) is 2.57. The SMILES string of the molecule is C[C@@H]1C(=O)NCCN1C(=O)c1cccc(C(=O)O)c1. The Bertz CT molecular complexity index is 541. The molecule has 6 heteroatoms. The Balaban J connectivity index is 2.26. The lowest BCUT2D eigenvalue weighted by atomic mass is 10.1. The standard InChI is InChI=1S/C13H14N2O4/c1-8-11(16)14-5-6-15(8)12(17)9-3-2-4-10(7-9)13(18)19/h2-4,7-8H,5-6H2,1H3,(H,14,16)(H,18,19)/t8-/m1/s1. The van der Waals surface area contributed by atoms with E-state index in [0.29, 0.717) is 13.1 Å². The maximum absolute atomic E-state index is 12.3. The molecule has 1 aromatic carbocycles. The van der Waals surface area contributed by atoms with Crippen molar-refractivity contribution in [1.82, 2.24) is 10.2 Å². The van der Waals surface area contributed by atoms with Crippen LogP contribution in [0.5, 0.6) is 0 Å². The molecule has 2 N–H and O–H groups in total. The Morgan fingerprint density at radius 1 is 1.37 bits per heavy atom. The van der Waals surface area contributed by atoms with Crippen molar-refractivity contribution in [2.45, 2.75) is 13.0 Å². The van der Waals surface area contributed by atoms with Gasteiger partial charge in [0.2, 0.25) is 5.91 Å². The van der Waals surface area contributed by atoms with Crippen LogP contribution in [0, 0.1) is 0 Å². The highest BCUT2D eigenvalue weighted by atomic mass is 16.4. The summed E-state index contributed by atoms with van der Waals surface area (Å²) in [6, 6.07) is 5.27. The summed E-state index contributed by atoms with van der Waals surface area (Å²) in [5.74, 6) is -1.61. The number of carboxylic acids is 1. The topological polar surface area (TPSA) is 86.7 Å². The molecule has 1 aliphatic heterocycles. The first-order valence-corrected chi connectivity index (χ1v) is 5.92. The zero-order valence-corrected chi connectivity index (χ0v) is 10.4. The van der Waals surface area contributed by atoms with Gasteiger partial charge in [-0.3, -0.25) is 9.59 Å². The molecule has 1 fully saturated rings. The fourth-order valence-electron chi connectivity index (χ4n) is 2.01. The number of nitrogens with zero attached hydrogens (tertiary/aromatic N) is 1. The van der Waals surface area contributed by atoms with Crippen LogP contribution in [0.3, 0.4) is 0 Å². The Kier molecular flexibility index (Phi) is 3.50. The maximum Gasteiger partial charge on any atom is 0.335 e. The second-order valence-electron chi connectivity index (χ2n) is 4.35. The largest absolute Gasteiger partial charge is 0.478 e. The van der Waals surface area contributed by atoms with Crippen LogP contribution in [0.1, 0.15) is 27.6 Å². The van der Waals surface area contributed by atoms with Crippen LogP contribution in [-0.4, -0.2) is 46.9 Å². The number of piperazine rings is 1. The molecule has 0 aromatic heterocycles. The van der Waals surface area contributed by atoms with Crippen molar-refractivity contribution >= 4 is 17.8 Å². The molecule has 1 atom stereocenters. The van der Waals surface area contributed by atoms with E-state index in [1.807, 2.05) is 0 Å². The predicted molar refractivity (Wildman–Crippen MR) is 66.9 cm³/mol. The Morgan fingerprint density at radius 3 is 2.74 bits per heavy atom. The van der Waals surface area contributed by atoms with Crippen LogP contribution in [-0.2, 0) is 4.79 Å². The van der Waals surface area contributed by atoms with Crippen molar-refractivity contribution in [3.8, 4) is 0 Å². The van der Waals surface area contributed by atoms with E-state index >= 15 is 0 Å². The highest BCUT2D eigenvalue weighted by Crippen LogP contribution is 2.13. The normalized spacial score (nSPS) is 18.9. The molecular formula is C13H14N2O4. The van der Waals surface area contributed by atoms with Gasteiger partial charge in [0.25, 0.3) is 5.91 Å². The first-order chi connectivity index (χ1) is 9.00. The summed E-state index contributed by atoms with van der Waals surface area (Å²) in [5.41, 5.74) is 0.335. The monoisotopic (exact) mass is 262 g/mol. The van der Waals surface area contributed by atoms with Gasteiger partial charge in [0.15, 0.2) is 0 Å². The molecule has 0 unspecified atom stereocenters. The number of aromatic carboxylic acids is 1. The Hall–Kier alpha value is -2.37. The molecule has 6 nitrogen and oxygen atoms in total. The lowest BCUT2D eigenvalue weighted by Crippen LogP contribution is -2.55. The molecule has 100 valence electrons. The minimum atomic E-state index is -1.08. The van der Waals surface area contributed by atoms with Gasteiger partial charge in [0.05, 0.1) is 5.56 Å². The van der Waals surface area contributed by atoms with Crippen LogP contribution < -0.4 is 5.32 Å². The Morgan fingerprint density at radius 2 is 2.05 bits per heavy atom. The number of benzene rings is 1. The van der Waals surface area contributed by atoms with Crippen LogP contribution >= 0.6 is 0 Å². The van der Waals surface area contributed by atoms with E-state index in [1.165, 1.54) is 23.1 Å². The highest BCUT2D eigenvalue weighted by Gasteiger charge is 2.29. The summed E-state index contributed by atoms with van der Waals surface area (Å²) in [5, 5.41) is 11.6. The second-order valence-corrected chi connectivity index (χ2v) is 4.35. The number of nitrogens with one attached hydrogen (secondary N) is 1. The summed E-state index contributed by atoms with van der Waals surface area (Å²) in [6.07, 6.45) is 0. The summed E-state index contributed by atoms with van der Waals surface area (Å²) in [7, 11) is 0. The second kappa shape index (κ2) is 5.09. The number of hydrogen-bond acceptors (Lipinski definition) is 3. The zero-order chi connectivity index (χ0) is 14.0. The van der Waals surface area contributed by atoms with E-state index in [9.17, 15) is 14.4 Å². The number of carbonyl (C=O) groups is 3. The van der Waals surface area contributed by atoms with Crippen molar-refractivity contribution in [3.63, 3.8) is 0 Å². The smallest absolute Gasteiger partial charge is 0.335 e. The fourth-order valence-corrected chi connectivity index (χ4v) is 2.01. The van der Waals surface area contributed by atoms with Crippen molar-refractivity contribution < 1.29 is 19.5 Å². The molecule has 0 bridgehead atoms. The molecule has 1 heterocycles. The van der Waals surface area contributed by atoms with E-state index < -0.39 is 12.0 Å².